The number of nitrogens with zero attached hydrogens (tertiary/aromatic N) is 1. The third-order valence-corrected chi connectivity index (χ3v) is 6.77. The van der Waals surface area contributed by atoms with Gasteiger partial charge in [-0.05, 0) is 55.0 Å². The zero-order chi connectivity index (χ0) is 23.0. The second kappa shape index (κ2) is 11.3. The quantitative estimate of drug-likeness (QED) is 0.581. The van der Waals surface area contributed by atoms with Gasteiger partial charge in [0.05, 0.1) is 5.56 Å². The van der Waals surface area contributed by atoms with Gasteiger partial charge in [-0.15, -0.1) is 0 Å². The third kappa shape index (κ3) is 5.93. The third-order valence-electron chi connectivity index (χ3n) is 6.77. The Morgan fingerprint density at radius 2 is 1.85 bits per heavy atom. The van der Waals surface area contributed by atoms with E-state index >= 15 is 0 Å². The fourth-order valence-electron chi connectivity index (χ4n) is 4.90. The van der Waals surface area contributed by atoms with Gasteiger partial charge in [0, 0.05) is 50.6 Å². The second-order valence-corrected chi connectivity index (χ2v) is 9.10. The van der Waals surface area contributed by atoms with Crippen LogP contribution in [0.15, 0.2) is 42.5 Å². The summed E-state index contributed by atoms with van der Waals surface area (Å²) in [5.74, 6) is 0.0258. The minimum atomic E-state index is -0.117. The molecule has 4 rings (SSSR count). The molecule has 1 heterocycles. The number of anilines is 2. The van der Waals surface area contributed by atoms with E-state index in [2.05, 4.69) is 39.8 Å². The number of benzene rings is 2. The van der Waals surface area contributed by atoms with Crippen LogP contribution in [0.3, 0.4) is 0 Å². The van der Waals surface area contributed by atoms with Crippen LogP contribution in [0.4, 0.5) is 11.4 Å². The van der Waals surface area contributed by atoms with Crippen LogP contribution >= 0.6 is 0 Å². The van der Waals surface area contributed by atoms with Gasteiger partial charge in [-0.2, -0.15) is 0 Å². The number of fused-ring (bicyclic) bond motifs is 1. The number of hydrogen-bond acceptors (Lipinski definition) is 4. The molecule has 2 N–H and O–H groups in total. The Bertz CT molecular complexity index is 969. The predicted molar refractivity (Wildman–Crippen MR) is 132 cm³/mol. The van der Waals surface area contributed by atoms with Crippen molar-refractivity contribution < 1.29 is 14.3 Å². The van der Waals surface area contributed by atoms with Gasteiger partial charge in [-0.3, -0.25) is 9.59 Å². The summed E-state index contributed by atoms with van der Waals surface area (Å²) in [6.45, 7) is 2.78. The summed E-state index contributed by atoms with van der Waals surface area (Å²) in [6, 6.07) is 14.2. The van der Waals surface area contributed by atoms with E-state index in [-0.39, 0.29) is 17.7 Å². The van der Waals surface area contributed by atoms with Gasteiger partial charge in [-0.25, -0.2) is 0 Å². The SMILES string of the molecule is COCCCNC(=O)c1cc(NC(=O)C2CCCCC2)ccc1N1CCc2ccccc2C1. The van der Waals surface area contributed by atoms with E-state index in [1.807, 2.05) is 18.2 Å². The van der Waals surface area contributed by atoms with Crippen molar-refractivity contribution in [2.75, 3.05) is 37.0 Å². The normalized spacial score (nSPS) is 16.2. The largest absolute Gasteiger partial charge is 0.385 e. The van der Waals surface area contributed by atoms with Gasteiger partial charge in [0.15, 0.2) is 0 Å². The van der Waals surface area contributed by atoms with Gasteiger partial charge in [0.1, 0.15) is 0 Å². The molecule has 0 radical (unpaired) electrons. The first-order valence-electron chi connectivity index (χ1n) is 12.2. The average molecular weight is 450 g/mol. The van der Waals surface area contributed by atoms with Crippen molar-refractivity contribution in [3.63, 3.8) is 0 Å². The molecule has 2 aromatic carbocycles. The van der Waals surface area contributed by atoms with Crippen molar-refractivity contribution in [2.45, 2.75) is 51.5 Å². The van der Waals surface area contributed by atoms with Gasteiger partial charge >= 0.3 is 0 Å². The molecule has 0 bridgehead atoms. The molecule has 0 unspecified atom stereocenters. The first kappa shape index (κ1) is 23.3. The van der Waals surface area contributed by atoms with Crippen molar-refractivity contribution in [3.05, 3.63) is 59.2 Å². The molecule has 0 aromatic heterocycles. The van der Waals surface area contributed by atoms with Gasteiger partial charge in [-0.1, -0.05) is 43.5 Å². The highest BCUT2D eigenvalue weighted by molar-refractivity contribution is 6.02. The maximum Gasteiger partial charge on any atom is 0.253 e. The highest BCUT2D eigenvalue weighted by Gasteiger charge is 2.24. The number of amides is 2. The number of nitrogens with one attached hydrogen (secondary N) is 2. The summed E-state index contributed by atoms with van der Waals surface area (Å²) in [5.41, 5.74) is 4.87. The Morgan fingerprint density at radius 1 is 1.06 bits per heavy atom. The molecule has 176 valence electrons. The smallest absolute Gasteiger partial charge is 0.253 e. The van der Waals surface area contributed by atoms with Crippen molar-refractivity contribution in [2.24, 2.45) is 5.92 Å². The van der Waals surface area contributed by atoms with Gasteiger partial charge < -0.3 is 20.3 Å². The van der Waals surface area contributed by atoms with E-state index in [1.54, 1.807) is 7.11 Å². The van der Waals surface area contributed by atoms with E-state index in [1.165, 1.54) is 17.5 Å². The Morgan fingerprint density at radius 3 is 2.64 bits per heavy atom. The first-order chi connectivity index (χ1) is 16.2. The molecule has 0 atom stereocenters. The lowest BCUT2D eigenvalue weighted by molar-refractivity contribution is -0.120. The highest BCUT2D eigenvalue weighted by Crippen LogP contribution is 2.31. The minimum Gasteiger partial charge on any atom is -0.385 e. The Kier molecular flexibility index (Phi) is 8.00. The van der Waals surface area contributed by atoms with E-state index in [9.17, 15) is 9.59 Å². The van der Waals surface area contributed by atoms with E-state index in [0.717, 1.165) is 57.3 Å². The summed E-state index contributed by atoms with van der Waals surface area (Å²) in [6.07, 6.45) is 7.04. The predicted octanol–water partition coefficient (Wildman–Crippen LogP) is 4.53. The van der Waals surface area contributed by atoms with Crippen LogP contribution in [0, 0.1) is 5.92 Å². The number of rotatable bonds is 8. The number of ether oxygens (including phenoxy) is 1. The fraction of sp³-hybridized carbons (Fsp3) is 0.481. The second-order valence-electron chi connectivity index (χ2n) is 9.10. The van der Waals surface area contributed by atoms with Gasteiger partial charge in [0.25, 0.3) is 5.91 Å². The molecule has 0 spiro atoms. The maximum absolute atomic E-state index is 13.2. The lowest BCUT2D eigenvalue weighted by Crippen LogP contribution is -2.33. The molecule has 1 aliphatic heterocycles. The molecule has 6 heteroatoms. The molecule has 33 heavy (non-hydrogen) atoms. The lowest BCUT2D eigenvalue weighted by Gasteiger charge is -2.32. The first-order valence-corrected chi connectivity index (χ1v) is 12.2. The molecule has 2 aromatic rings. The molecule has 1 aliphatic carbocycles. The average Bonchev–Trinajstić information content (AvgIpc) is 2.86. The summed E-state index contributed by atoms with van der Waals surface area (Å²) in [5, 5.41) is 6.09. The zero-order valence-corrected chi connectivity index (χ0v) is 19.6. The molecule has 0 saturated heterocycles. The van der Waals surface area contributed by atoms with Gasteiger partial charge in [0.2, 0.25) is 5.91 Å². The van der Waals surface area contributed by atoms with Crippen LogP contribution in [0.25, 0.3) is 0 Å². The molecule has 2 amide bonds. The van der Waals surface area contributed by atoms with Crippen molar-refractivity contribution in [3.8, 4) is 0 Å². The topological polar surface area (TPSA) is 70.7 Å². The summed E-state index contributed by atoms with van der Waals surface area (Å²) in [4.78, 5) is 28.2. The molecular weight excluding hydrogens is 414 g/mol. The Balaban J connectivity index is 1.54. The van der Waals surface area contributed by atoms with Crippen LogP contribution in [-0.2, 0) is 22.5 Å². The molecule has 1 fully saturated rings. The van der Waals surface area contributed by atoms with E-state index in [4.69, 9.17) is 4.74 Å². The number of methoxy groups -OCH3 is 1. The lowest BCUT2D eigenvalue weighted by atomic mass is 9.88. The summed E-state index contributed by atoms with van der Waals surface area (Å²) in [7, 11) is 1.66. The Hall–Kier alpha value is -2.86. The maximum atomic E-state index is 13.2. The summed E-state index contributed by atoms with van der Waals surface area (Å²) >= 11 is 0. The molecule has 6 nitrogen and oxygen atoms in total. The van der Waals surface area contributed by atoms with Crippen LogP contribution in [0.2, 0.25) is 0 Å². The van der Waals surface area contributed by atoms with Crippen LogP contribution < -0.4 is 15.5 Å². The van der Waals surface area contributed by atoms with Crippen LogP contribution in [0.5, 0.6) is 0 Å². The van der Waals surface area contributed by atoms with E-state index in [0.29, 0.717) is 24.4 Å². The zero-order valence-electron chi connectivity index (χ0n) is 19.6. The van der Waals surface area contributed by atoms with Crippen LogP contribution in [0.1, 0.15) is 60.0 Å². The van der Waals surface area contributed by atoms with Crippen molar-refractivity contribution in [1.29, 1.82) is 0 Å². The van der Waals surface area contributed by atoms with Crippen molar-refractivity contribution in [1.82, 2.24) is 5.32 Å². The molecule has 2 aliphatic rings. The fourth-order valence-corrected chi connectivity index (χ4v) is 4.90. The minimum absolute atomic E-state index is 0.0702. The monoisotopic (exact) mass is 449 g/mol. The van der Waals surface area contributed by atoms with Crippen molar-refractivity contribution >= 4 is 23.2 Å². The standard InChI is InChI=1S/C27H35N3O3/c1-33-17-7-15-28-27(32)24-18-23(29-26(31)21-9-3-2-4-10-21)12-13-25(24)30-16-14-20-8-5-6-11-22(20)19-30/h5-6,8,11-13,18,21H,2-4,7,9-10,14-17,19H2,1H3,(H,28,32)(H,29,31). The molecule has 1 saturated carbocycles. The number of carbonyl (C=O) groups is 2. The number of hydrogen-bond donors (Lipinski definition) is 2. The van der Waals surface area contributed by atoms with E-state index < -0.39 is 0 Å². The summed E-state index contributed by atoms with van der Waals surface area (Å²) < 4.78 is 5.09. The highest BCUT2D eigenvalue weighted by atomic mass is 16.5. The molecular formula is C27H35N3O3. The Labute approximate surface area is 196 Å². The number of carbonyl (C=O) groups excluding carboxylic acids is 2. The van der Waals surface area contributed by atoms with Crippen LogP contribution in [-0.4, -0.2) is 38.6 Å².